The van der Waals surface area contributed by atoms with Gasteiger partial charge in [0.1, 0.15) is 11.5 Å². The van der Waals surface area contributed by atoms with Crippen molar-refractivity contribution < 1.29 is 13.6 Å². The highest BCUT2D eigenvalue weighted by atomic mass is 35.5. The Morgan fingerprint density at radius 3 is 2.31 bits per heavy atom. The zero-order valence-corrected chi connectivity index (χ0v) is 15.2. The first-order valence-electron chi connectivity index (χ1n) is 8.94. The van der Waals surface area contributed by atoms with Crippen molar-refractivity contribution in [2.24, 2.45) is 0 Å². The van der Waals surface area contributed by atoms with Crippen LogP contribution in [0.3, 0.4) is 0 Å². The molecule has 2 fully saturated rings. The van der Waals surface area contributed by atoms with Crippen LogP contribution in [0.5, 0.6) is 0 Å². The summed E-state index contributed by atoms with van der Waals surface area (Å²) >= 11 is 5.86. The maximum Gasteiger partial charge on any atom is 0.273 e. The van der Waals surface area contributed by atoms with Crippen LogP contribution in [0.2, 0.25) is 5.02 Å². The van der Waals surface area contributed by atoms with E-state index < -0.39 is 17.5 Å². The van der Waals surface area contributed by atoms with E-state index in [9.17, 15) is 13.6 Å². The predicted molar refractivity (Wildman–Crippen MR) is 96.6 cm³/mol. The van der Waals surface area contributed by atoms with Crippen molar-refractivity contribution in [3.8, 4) is 0 Å². The number of rotatable bonds is 4. The van der Waals surface area contributed by atoms with Crippen LogP contribution < -0.4 is 0 Å². The molecule has 4 rings (SSSR count). The molecule has 0 spiro atoms. The number of halogens is 3. The Kier molecular flexibility index (Phi) is 4.86. The van der Waals surface area contributed by atoms with Gasteiger partial charge in [-0.05, 0) is 31.6 Å². The third-order valence-electron chi connectivity index (χ3n) is 5.35. The first kappa shape index (κ1) is 17.7. The van der Waals surface area contributed by atoms with Crippen molar-refractivity contribution in [2.45, 2.75) is 6.42 Å². The minimum Gasteiger partial charge on any atom is -0.348 e. The Balaban J connectivity index is 1.43. The predicted octanol–water partition coefficient (Wildman–Crippen LogP) is 2.56. The van der Waals surface area contributed by atoms with E-state index in [1.807, 2.05) is 0 Å². The van der Waals surface area contributed by atoms with Gasteiger partial charge in [0.15, 0.2) is 5.82 Å². The lowest BCUT2D eigenvalue weighted by Gasteiger charge is -2.37. The smallest absolute Gasteiger partial charge is 0.273 e. The topological polar surface area (TPSA) is 42.6 Å². The van der Waals surface area contributed by atoms with E-state index in [0.717, 1.165) is 32.2 Å². The molecule has 1 aromatic heterocycles. The fourth-order valence-corrected chi connectivity index (χ4v) is 3.80. The fourth-order valence-electron chi connectivity index (χ4n) is 3.55. The maximum absolute atomic E-state index is 14.7. The molecule has 0 aliphatic carbocycles. The van der Waals surface area contributed by atoms with Crippen LogP contribution >= 0.6 is 11.6 Å². The van der Waals surface area contributed by atoms with Gasteiger partial charge in [-0.25, -0.2) is 8.78 Å². The van der Waals surface area contributed by atoms with Crippen molar-refractivity contribution in [1.29, 1.82) is 0 Å². The van der Waals surface area contributed by atoms with Crippen molar-refractivity contribution in [3.05, 3.63) is 34.5 Å². The highest BCUT2D eigenvalue weighted by Crippen LogP contribution is 2.31. The first-order chi connectivity index (χ1) is 12.5. The first-order valence-corrected chi connectivity index (χ1v) is 9.31. The van der Waals surface area contributed by atoms with Gasteiger partial charge in [-0.3, -0.25) is 9.69 Å². The molecular weight excluding hydrogens is 362 g/mol. The average Bonchev–Trinajstić information content (AvgIpc) is 2.94. The largest absolute Gasteiger partial charge is 0.348 e. The number of hydrogen-bond donors (Lipinski definition) is 1. The Morgan fingerprint density at radius 2 is 1.69 bits per heavy atom. The molecule has 8 heteroatoms. The van der Waals surface area contributed by atoms with Gasteiger partial charge in [0.05, 0.1) is 15.9 Å². The Hall–Kier alpha value is -1.70. The molecule has 5 nitrogen and oxygen atoms in total. The molecule has 140 valence electrons. The van der Waals surface area contributed by atoms with Gasteiger partial charge in [0.25, 0.3) is 5.91 Å². The fraction of sp³-hybridized carbons (Fsp3) is 0.500. The summed E-state index contributed by atoms with van der Waals surface area (Å²) in [6, 6.07) is 2.55. The number of benzene rings is 1. The molecule has 0 bridgehead atoms. The molecule has 1 aromatic carbocycles. The van der Waals surface area contributed by atoms with E-state index in [-0.39, 0.29) is 16.1 Å². The number of hydrogen-bond acceptors (Lipinski definition) is 3. The number of H-pyrrole nitrogens is 1. The van der Waals surface area contributed by atoms with Gasteiger partial charge in [0.2, 0.25) is 0 Å². The summed E-state index contributed by atoms with van der Waals surface area (Å²) in [5, 5.41) is -0.366. The normalized spacial score (nSPS) is 19.1. The molecule has 2 saturated heterocycles. The van der Waals surface area contributed by atoms with Gasteiger partial charge in [-0.1, -0.05) is 11.6 Å². The number of fused-ring (bicyclic) bond motifs is 1. The molecule has 1 amide bonds. The van der Waals surface area contributed by atoms with Crippen molar-refractivity contribution in [2.75, 3.05) is 52.4 Å². The molecule has 0 saturated carbocycles. The van der Waals surface area contributed by atoms with E-state index in [0.29, 0.717) is 18.6 Å². The van der Waals surface area contributed by atoms with Crippen LogP contribution in [0.1, 0.15) is 16.9 Å². The zero-order chi connectivity index (χ0) is 18.3. The number of amides is 1. The molecular formula is C18H21ClF2N4O. The molecule has 0 unspecified atom stereocenters. The van der Waals surface area contributed by atoms with Crippen molar-refractivity contribution in [3.63, 3.8) is 0 Å². The highest BCUT2D eigenvalue weighted by Gasteiger charge is 2.28. The molecule has 1 N–H and O–H groups in total. The molecule has 0 atom stereocenters. The Labute approximate surface area is 155 Å². The molecule has 26 heavy (non-hydrogen) atoms. The van der Waals surface area contributed by atoms with Crippen LogP contribution in [0, 0.1) is 11.6 Å². The molecule has 0 radical (unpaired) electrons. The summed E-state index contributed by atoms with van der Waals surface area (Å²) in [6.07, 6.45) is 1.28. The molecule has 2 aliphatic heterocycles. The zero-order valence-electron chi connectivity index (χ0n) is 14.4. The minimum absolute atomic E-state index is 0.0665. The Bertz CT molecular complexity index is 828. The molecule has 3 heterocycles. The standard InChI is InChI=1S/C18H21ClF2N4O/c19-15-12(20)2-3-13-14(15)16(21)17(22-13)18(26)25-10-8-24(9-11-25)7-6-23-4-1-5-23/h2-3,22H,1,4-11H2. The van der Waals surface area contributed by atoms with E-state index >= 15 is 0 Å². The molecule has 2 aromatic rings. The molecule has 2 aliphatic rings. The highest BCUT2D eigenvalue weighted by molar-refractivity contribution is 6.35. The van der Waals surface area contributed by atoms with E-state index in [1.54, 1.807) is 4.90 Å². The lowest BCUT2D eigenvalue weighted by molar-refractivity contribution is 0.0598. The summed E-state index contributed by atoms with van der Waals surface area (Å²) in [5.41, 5.74) is 0.173. The SMILES string of the molecule is O=C(c1[nH]c2ccc(F)c(Cl)c2c1F)N1CCN(CCN2CCC2)CC1. The summed E-state index contributed by atoms with van der Waals surface area (Å²) < 4.78 is 28.2. The number of carbonyl (C=O) groups excluding carboxylic acids is 1. The number of nitrogens with zero attached hydrogens (tertiary/aromatic N) is 3. The van der Waals surface area contributed by atoms with E-state index in [2.05, 4.69) is 14.8 Å². The van der Waals surface area contributed by atoms with Gasteiger partial charge >= 0.3 is 0 Å². The summed E-state index contributed by atoms with van der Waals surface area (Å²) in [7, 11) is 0. The third kappa shape index (κ3) is 3.19. The van der Waals surface area contributed by atoms with Gasteiger partial charge in [-0.2, -0.15) is 0 Å². The van der Waals surface area contributed by atoms with Crippen LogP contribution in [-0.2, 0) is 0 Å². The lowest BCUT2D eigenvalue weighted by Crippen LogP contribution is -2.51. The summed E-state index contributed by atoms with van der Waals surface area (Å²) in [5.74, 6) is -1.89. The number of aromatic nitrogens is 1. The average molecular weight is 383 g/mol. The van der Waals surface area contributed by atoms with Crippen LogP contribution in [-0.4, -0.2) is 77.9 Å². The maximum atomic E-state index is 14.7. The Morgan fingerprint density at radius 1 is 1.04 bits per heavy atom. The summed E-state index contributed by atoms with van der Waals surface area (Å²) in [6.45, 7) is 7.08. The number of aromatic amines is 1. The van der Waals surface area contributed by atoms with Crippen LogP contribution in [0.15, 0.2) is 12.1 Å². The second-order valence-electron chi connectivity index (χ2n) is 6.93. The number of carbonyl (C=O) groups is 1. The summed E-state index contributed by atoms with van der Waals surface area (Å²) in [4.78, 5) is 21.8. The number of piperazine rings is 1. The van der Waals surface area contributed by atoms with Crippen LogP contribution in [0.4, 0.5) is 8.78 Å². The second-order valence-corrected chi connectivity index (χ2v) is 7.30. The van der Waals surface area contributed by atoms with Gasteiger partial charge in [-0.15, -0.1) is 0 Å². The number of likely N-dealkylation sites (tertiary alicyclic amines) is 1. The van der Waals surface area contributed by atoms with E-state index in [1.165, 1.54) is 25.6 Å². The van der Waals surface area contributed by atoms with Gasteiger partial charge < -0.3 is 14.8 Å². The number of nitrogens with one attached hydrogen (secondary N) is 1. The lowest BCUT2D eigenvalue weighted by atomic mass is 10.2. The van der Waals surface area contributed by atoms with Crippen LogP contribution in [0.25, 0.3) is 10.9 Å². The second kappa shape index (κ2) is 7.13. The van der Waals surface area contributed by atoms with Crippen molar-refractivity contribution >= 4 is 28.4 Å². The third-order valence-corrected chi connectivity index (χ3v) is 5.72. The van der Waals surface area contributed by atoms with Crippen molar-refractivity contribution in [1.82, 2.24) is 19.7 Å². The van der Waals surface area contributed by atoms with E-state index in [4.69, 9.17) is 11.6 Å². The minimum atomic E-state index is -0.783. The quantitative estimate of drug-likeness (QED) is 0.883. The monoisotopic (exact) mass is 382 g/mol. The van der Waals surface area contributed by atoms with Gasteiger partial charge in [0, 0.05) is 39.3 Å².